The van der Waals surface area contributed by atoms with Crippen LogP contribution >= 0.6 is 23.4 Å². The molecule has 3 rings (SSSR count). The highest BCUT2D eigenvalue weighted by Crippen LogP contribution is 2.30. The van der Waals surface area contributed by atoms with Crippen LogP contribution in [0.25, 0.3) is 0 Å². The van der Waals surface area contributed by atoms with Crippen LogP contribution in [0.3, 0.4) is 0 Å². The average Bonchev–Trinajstić information content (AvgIpc) is 2.77. The number of ether oxygens (including phenoxy) is 2. The van der Waals surface area contributed by atoms with Gasteiger partial charge in [-0.15, -0.1) is 16.8 Å². The second kappa shape index (κ2) is 10.2. The molecule has 0 aliphatic rings. The third kappa shape index (κ3) is 4.95. The number of para-hydroxylation sites is 1. The van der Waals surface area contributed by atoms with Gasteiger partial charge in [0.25, 0.3) is 5.56 Å². The summed E-state index contributed by atoms with van der Waals surface area (Å²) in [4.78, 5) is 12.9. The predicted molar refractivity (Wildman–Crippen MR) is 120 cm³/mol. The molecule has 3 aromatic rings. The summed E-state index contributed by atoms with van der Waals surface area (Å²) in [5.74, 6) is 1.97. The van der Waals surface area contributed by atoms with Crippen molar-refractivity contribution in [2.24, 2.45) is 0 Å². The van der Waals surface area contributed by atoms with Crippen molar-refractivity contribution < 1.29 is 9.47 Å². The molecule has 0 aliphatic heterocycles. The van der Waals surface area contributed by atoms with E-state index >= 15 is 0 Å². The number of halogens is 1. The minimum atomic E-state index is -0.306. The van der Waals surface area contributed by atoms with Gasteiger partial charge in [0, 0.05) is 12.3 Å². The number of thioether (sulfide) groups is 1. The number of methoxy groups -OCH3 is 2. The summed E-state index contributed by atoms with van der Waals surface area (Å²) in [6, 6.07) is 12.8. The standard InChI is InChI=1S/C21H21ClN4O3S/c1-4-11-26-20(27)19(23-16-8-6-5-7-15(16)22)24-25-21(26)30-13-14-9-10-17(28-2)18(12-14)29-3/h4-10,12H,1,11,13H2,2-3H3,(H,23,24). The highest BCUT2D eigenvalue weighted by Gasteiger charge is 2.14. The van der Waals surface area contributed by atoms with Crippen molar-refractivity contribution >= 4 is 34.9 Å². The Morgan fingerprint density at radius 3 is 2.63 bits per heavy atom. The van der Waals surface area contributed by atoms with Crippen molar-refractivity contribution in [1.82, 2.24) is 14.8 Å². The molecule has 2 aromatic carbocycles. The van der Waals surface area contributed by atoms with Gasteiger partial charge in [-0.1, -0.05) is 47.6 Å². The van der Waals surface area contributed by atoms with Gasteiger partial charge in [0.15, 0.2) is 16.7 Å². The summed E-state index contributed by atoms with van der Waals surface area (Å²) in [5.41, 5.74) is 1.27. The Morgan fingerprint density at radius 2 is 1.93 bits per heavy atom. The summed E-state index contributed by atoms with van der Waals surface area (Å²) in [6.45, 7) is 4.04. The third-order valence-corrected chi connectivity index (χ3v) is 5.54. The van der Waals surface area contributed by atoms with Crippen molar-refractivity contribution in [1.29, 1.82) is 0 Å². The van der Waals surface area contributed by atoms with Crippen molar-refractivity contribution in [3.63, 3.8) is 0 Å². The minimum absolute atomic E-state index is 0.0976. The van der Waals surface area contributed by atoms with E-state index in [1.807, 2.05) is 30.3 Å². The first kappa shape index (κ1) is 21.7. The molecule has 9 heteroatoms. The molecule has 0 radical (unpaired) electrons. The molecular weight excluding hydrogens is 424 g/mol. The fraction of sp³-hybridized carbons (Fsp3) is 0.190. The van der Waals surface area contributed by atoms with Gasteiger partial charge in [-0.3, -0.25) is 9.36 Å². The molecule has 156 valence electrons. The lowest BCUT2D eigenvalue weighted by Crippen LogP contribution is -2.26. The van der Waals surface area contributed by atoms with E-state index in [0.717, 1.165) is 5.56 Å². The van der Waals surface area contributed by atoms with Gasteiger partial charge in [0.1, 0.15) is 0 Å². The summed E-state index contributed by atoms with van der Waals surface area (Å²) >= 11 is 7.56. The van der Waals surface area contributed by atoms with Crippen molar-refractivity contribution in [2.45, 2.75) is 17.5 Å². The molecule has 30 heavy (non-hydrogen) atoms. The van der Waals surface area contributed by atoms with E-state index in [9.17, 15) is 4.79 Å². The molecule has 0 saturated carbocycles. The SMILES string of the molecule is C=CCn1c(SCc2ccc(OC)c(OC)c2)nnc(Nc2ccccc2Cl)c1=O. The largest absolute Gasteiger partial charge is 0.493 e. The number of aromatic nitrogens is 3. The first-order chi connectivity index (χ1) is 14.6. The van der Waals surface area contributed by atoms with E-state index in [0.29, 0.717) is 39.7 Å². The zero-order chi connectivity index (χ0) is 21.5. The minimum Gasteiger partial charge on any atom is -0.493 e. The second-order valence-electron chi connectivity index (χ2n) is 6.12. The topological polar surface area (TPSA) is 78.3 Å². The number of allylic oxidation sites excluding steroid dienone is 1. The molecule has 0 fully saturated rings. The molecule has 0 spiro atoms. The molecule has 0 saturated heterocycles. The van der Waals surface area contributed by atoms with Gasteiger partial charge in [-0.05, 0) is 29.8 Å². The Morgan fingerprint density at radius 1 is 1.17 bits per heavy atom. The Kier molecular flexibility index (Phi) is 7.37. The van der Waals surface area contributed by atoms with Gasteiger partial charge in [0.05, 0.1) is 24.9 Å². The van der Waals surface area contributed by atoms with E-state index in [-0.39, 0.29) is 11.4 Å². The second-order valence-corrected chi connectivity index (χ2v) is 7.47. The van der Waals surface area contributed by atoms with Gasteiger partial charge in [0.2, 0.25) is 5.82 Å². The fourth-order valence-electron chi connectivity index (χ4n) is 2.69. The molecule has 0 atom stereocenters. The van der Waals surface area contributed by atoms with Crippen LogP contribution in [-0.2, 0) is 12.3 Å². The first-order valence-electron chi connectivity index (χ1n) is 9.01. The molecule has 7 nitrogen and oxygen atoms in total. The molecular formula is C21H21ClN4O3S. The molecule has 1 N–H and O–H groups in total. The van der Waals surface area contributed by atoms with Crippen LogP contribution in [0.15, 0.2) is 65.1 Å². The maximum Gasteiger partial charge on any atom is 0.297 e. The summed E-state index contributed by atoms with van der Waals surface area (Å²) in [7, 11) is 3.18. The molecule has 0 bridgehead atoms. The summed E-state index contributed by atoms with van der Waals surface area (Å²) in [6.07, 6.45) is 1.64. The molecule has 1 heterocycles. The van der Waals surface area contributed by atoms with Crippen LogP contribution in [0.5, 0.6) is 11.5 Å². The van der Waals surface area contributed by atoms with E-state index in [1.165, 1.54) is 16.3 Å². The molecule has 0 amide bonds. The lowest BCUT2D eigenvalue weighted by molar-refractivity contribution is 0.354. The highest BCUT2D eigenvalue weighted by atomic mass is 35.5. The fourth-order valence-corrected chi connectivity index (χ4v) is 3.76. The van der Waals surface area contributed by atoms with Crippen molar-refractivity contribution in [2.75, 3.05) is 19.5 Å². The van der Waals surface area contributed by atoms with Gasteiger partial charge < -0.3 is 14.8 Å². The third-order valence-electron chi connectivity index (χ3n) is 4.17. The number of benzene rings is 2. The van der Waals surface area contributed by atoms with Crippen LogP contribution in [0.1, 0.15) is 5.56 Å². The van der Waals surface area contributed by atoms with Crippen LogP contribution < -0.4 is 20.3 Å². The van der Waals surface area contributed by atoms with Crippen LogP contribution in [-0.4, -0.2) is 29.0 Å². The van der Waals surface area contributed by atoms with Crippen LogP contribution in [0.2, 0.25) is 5.02 Å². The number of hydrogen-bond acceptors (Lipinski definition) is 7. The van der Waals surface area contributed by atoms with Crippen molar-refractivity contribution in [3.05, 3.63) is 76.1 Å². The Balaban J connectivity index is 1.85. The first-order valence-corrected chi connectivity index (χ1v) is 10.4. The Bertz CT molecular complexity index is 1100. The monoisotopic (exact) mass is 444 g/mol. The van der Waals surface area contributed by atoms with Gasteiger partial charge >= 0.3 is 0 Å². The average molecular weight is 445 g/mol. The van der Waals surface area contributed by atoms with Crippen LogP contribution in [0.4, 0.5) is 11.5 Å². The smallest absolute Gasteiger partial charge is 0.297 e. The molecule has 1 aromatic heterocycles. The maximum atomic E-state index is 12.9. The number of nitrogens with zero attached hydrogens (tertiary/aromatic N) is 3. The van der Waals surface area contributed by atoms with Gasteiger partial charge in [-0.2, -0.15) is 0 Å². The van der Waals surface area contributed by atoms with E-state index in [4.69, 9.17) is 21.1 Å². The highest BCUT2D eigenvalue weighted by molar-refractivity contribution is 7.98. The van der Waals surface area contributed by atoms with E-state index in [1.54, 1.807) is 32.4 Å². The predicted octanol–water partition coefficient (Wildman–Crippen LogP) is 4.53. The molecule has 0 aliphatic carbocycles. The maximum absolute atomic E-state index is 12.9. The van der Waals surface area contributed by atoms with E-state index < -0.39 is 0 Å². The van der Waals surface area contributed by atoms with Crippen LogP contribution in [0, 0.1) is 0 Å². The number of hydrogen-bond donors (Lipinski definition) is 1. The Hall–Kier alpha value is -2.97. The van der Waals surface area contributed by atoms with Gasteiger partial charge in [-0.25, -0.2) is 0 Å². The molecule has 0 unspecified atom stereocenters. The zero-order valence-corrected chi connectivity index (χ0v) is 18.2. The number of rotatable bonds is 9. The van der Waals surface area contributed by atoms with E-state index in [2.05, 4.69) is 22.1 Å². The zero-order valence-electron chi connectivity index (χ0n) is 16.6. The van der Waals surface area contributed by atoms with Crippen molar-refractivity contribution in [3.8, 4) is 11.5 Å². The quantitative estimate of drug-likeness (QED) is 0.383. The number of anilines is 2. The lowest BCUT2D eigenvalue weighted by atomic mass is 10.2. The lowest BCUT2D eigenvalue weighted by Gasteiger charge is -2.13. The summed E-state index contributed by atoms with van der Waals surface area (Å²) < 4.78 is 12.1. The number of nitrogens with one attached hydrogen (secondary N) is 1. The summed E-state index contributed by atoms with van der Waals surface area (Å²) in [5, 5.41) is 12.2. The Labute approximate surface area is 183 Å². The normalized spacial score (nSPS) is 10.5.